The molecule has 1 unspecified atom stereocenters. The number of nitrogens with one attached hydrogen (secondary N) is 3. The van der Waals surface area contributed by atoms with Crippen molar-refractivity contribution in [1.29, 1.82) is 0 Å². The maximum Gasteiger partial charge on any atom is 0.321 e. The van der Waals surface area contributed by atoms with Gasteiger partial charge in [0, 0.05) is 42.8 Å². The van der Waals surface area contributed by atoms with Crippen LogP contribution in [0, 0.1) is 0 Å². The molecule has 8 nitrogen and oxygen atoms in total. The third-order valence-corrected chi connectivity index (χ3v) is 7.05. The third kappa shape index (κ3) is 5.96. The predicted octanol–water partition coefficient (Wildman–Crippen LogP) is 3.66. The summed E-state index contributed by atoms with van der Waals surface area (Å²) >= 11 is 3.29. The molecule has 0 saturated heterocycles. The number of anilines is 2. The van der Waals surface area contributed by atoms with E-state index in [9.17, 15) is 4.79 Å². The zero-order chi connectivity index (χ0) is 22.3. The van der Waals surface area contributed by atoms with E-state index in [0.29, 0.717) is 11.7 Å². The van der Waals surface area contributed by atoms with Crippen molar-refractivity contribution in [3.05, 3.63) is 59.0 Å². The van der Waals surface area contributed by atoms with Crippen LogP contribution >= 0.6 is 23.1 Å². The van der Waals surface area contributed by atoms with Crippen LogP contribution in [0.3, 0.4) is 0 Å². The molecule has 4 rings (SSSR count). The van der Waals surface area contributed by atoms with Gasteiger partial charge < -0.3 is 15.5 Å². The van der Waals surface area contributed by atoms with Crippen molar-refractivity contribution >= 4 is 40.1 Å². The number of nitrogens with zero attached hydrogens (tertiary/aromatic N) is 4. The fraction of sp³-hybridized carbons (Fsp3) is 0.364. The monoisotopic (exact) mass is 469 g/mol. The first-order valence-electron chi connectivity index (χ1n) is 10.5. The topological polar surface area (TPSA) is 95.1 Å². The number of rotatable bonds is 9. The van der Waals surface area contributed by atoms with Crippen molar-refractivity contribution in [3.63, 3.8) is 0 Å². The van der Waals surface area contributed by atoms with Crippen molar-refractivity contribution in [2.75, 3.05) is 43.6 Å². The lowest BCUT2D eigenvalue weighted by Gasteiger charge is -2.22. The van der Waals surface area contributed by atoms with E-state index in [1.54, 1.807) is 18.1 Å². The van der Waals surface area contributed by atoms with Crippen molar-refractivity contribution in [1.82, 2.24) is 25.2 Å². The number of likely N-dealkylation sites (N-methyl/N-ethyl adjacent to an activating group) is 1. The number of fused-ring (bicyclic) bond motifs is 1. The lowest BCUT2D eigenvalue weighted by atomic mass is 10.1. The van der Waals surface area contributed by atoms with Crippen LogP contribution in [-0.4, -0.2) is 58.8 Å². The Hall–Kier alpha value is -2.69. The molecule has 1 atom stereocenters. The highest BCUT2D eigenvalue weighted by atomic mass is 32.2. The van der Waals surface area contributed by atoms with Gasteiger partial charge in [-0.15, -0.1) is 23.1 Å². The van der Waals surface area contributed by atoms with Gasteiger partial charge in [0.25, 0.3) is 0 Å². The van der Waals surface area contributed by atoms with Crippen LogP contribution in [0.2, 0.25) is 0 Å². The molecule has 0 bridgehead atoms. The third-order valence-electron chi connectivity index (χ3n) is 4.96. The van der Waals surface area contributed by atoms with Crippen LogP contribution in [0.5, 0.6) is 0 Å². The molecule has 32 heavy (non-hydrogen) atoms. The Kier molecular flexibility index (Phi) is 7.56. The molecule has 0 aliphatic carbocycles. The Morgan fingerprint density at radius 1 is 1.19 bits per heavy atom. The Morgan fingerprint density at radius 3 is 2.84 bits per heavy atom. The molecule has 3 aromatic rings. The Bertz CT molecular complexity index is 1040. The molecule has 3 N–H and O–H groups in total. The van der Waals surface area contributed by atoms with Crippen LogP contribution in [-0.2, 0) is 12.8 Å². The first-order valence-corrected chi connectivity index (χ1v) is 12.3. The summed E-state index contributed by atoms with van der Waals surface area (Å²) < 4.78 is 0. The van der Waals surface area contributed by atoms with Crippen LogP contribution < -0.4 is 16.0 Å². The summed E-state index contributed by atoms with van der Waals surface area (Å²) in [6.07, 6.45) is 5.25. The Labute approximate surface area is 196 Å². The van der Waals surface area contributed by atoms with E-state index in [1.165, 1.54) is 16.2 Å². The highest BCUT2D eigenvalue weighted by Crippen LogP contribution is 2.34. The second kappa shape index (κ2) is 10.8. The quantitative estimate of drug-likeness (QED) is 0.440. The molecule has 10 heteroatoms. The van der Waals surface area contributed by atoms with Gasteiger partial charge in [-0.2, -0.15) is 0 Å². The van der Waals surface area contributed by atoms with Gasteiger partial charge in [-0.3, -0.25) is 5.32 Å². The van der Waals surface area contributed by atoms with Gasteiger partial charge in [-0.1, -0.05) is 30.3 Å². The summed E-state index contributed by atoms with van der Waals surface area (Å²) in [5, 5.41) is 9.93. The standard InChI is InChI=1S/C22H27N7OS2/c1-29(2)13-18(15-6-4-3-5-7-15)27-21(30)28-22-24-12-16(32-22)8-10-23-20-19-17(9-11-31-19)25-14-26-20/h3-7,12,14,18H,8-11,13H2,1-2H3,(H,23,25,26)(H2,24,27,28,30). The summed E-state index contributed by atoms with van der Waals surface area (Å²) in [4.78, 5) is 30.0. The summed E-state index contributed by atoms with van der Waals surface area (Å²) in [6, 6.07) is 9.61. The van der Waals surface area contributed by atoms with E-state index < -0.39 is 0 Å². The second-order valence-electron chi connectivity index (χ2n) is 7.73. The molecule has 0 spiro atoms. The second-order valence-corrected chi connectivity index (χ2v) is 9.95. The van der Waals surface area contributed by atoms with Crippen molar-refractivity contribution in [2.24, 2.45) is 0 Å². The van der Waals surface area contributed by atoms with Crippen molar-refractivity contribution in [3.8, 4) is 0 Å². The molecule has 3 heterocycles. The van der Waals surface area contributed by atoms with E-state index in [1.807, 2.05) is 50.6 Å². The number of amides is 2. The molecule has 0 fully saturated rings. The lowest BCUT2D eigenvalue weighted by molar-refractivity contribution is 0.244. The minimum absolute atomic E-state index is 0.109. The van der Waals surface area contributed by atoms with Gasteiger partial charge in [-0.05, 0) is 19.7 Å². The minimum Gasteiger partial charge on any atom is -0.369 e. The van der Waals surface area contributed by atoms with E-state index >= 15 is 0 Å². The fourth-order valence-corrected chi connectivity index (χ4v) is 5.37. The highest BCUT2D eigenvalue weighted by Gasteiger charge is 2.18. The molecular weight excluding hydrogens is 442 g/mol. The molecule has 2 amide bonds. The molecule has 1 aliphatic rings. The number of thiazole rings is 1. The van der Waals surface area contributed by atoms with Gasteiger partial charge in [0.1, 0.15) is 12.1 Å². The predicted molar refractivity (Wildman–Crippen MR) is 131 cm³/mol. The zero-order valence-corrected chi connectivity index (χ0v) is 19.8. The molecule has 1 aromatic carbocycles. The average molecular weight is 470 g/mol. The number of hydrogen-bond acceptors (Lipinski definition) is 8. The van der Waals surface area contributed by atoms with Gasteiger partial charge in [0.2, 0.25) is 0 Å². The number of aryl methyl sites for hydroxylation is 1. The Morgan fingerprint density at radius 2 is 2.03 bits per heavy atom. The smallest absolute Gasteiger partial charge is 0.321 e. The summed E-state index contributed by atoms with van der Waals surface area (Å²) in [5.74, 6) is 1.97. The van der Waals surface area contributed by atoms with E-state index in [-0.39, 0.29) is 12.1 Å². The molecular formula is C22H27N7OS2. The van der Waals surface area contributed by atoms with E-state index in [4.69, 9.17) is 0 Å². The lowest BCUT2D eigenvalue weighted by Crippen LogP contribution is -2.37. The van der Waals surface area contributed by atoms with Gasteiger partial charge in [0.15, 0.2) is 5.13 Å². The molecule has 1 aliphatic heterocycles. The normalized spacial score (nSPS) is 13.6. The zero-order valence-electron chi connectivity index (χ0n) is 18.2. The number of thioether (sulfide) groups is 1. The minimum atomic E-state index is -0.256. The largest absolute Gasteiger partial charge is 0.369 e. The number of aromatic nitrogens is 3. The first kappa shape index (κ1) is 22.5. The van der Waals surface area contributed by atoms with Crippen molar-refractivity contribution < 1.29 is 4.79 Å². The van der Waals surface area contributed by atoms with E-state index in [0.717, 1.165) is 47.1 Å². The van der Waals surface area contributed by atoms with Gasteiger partial charge in [-0.25, -0.2) is 19.7 Å². The number of benzene rings is 1. The van der Waals surface area contributed by atoms with Gasteiger partial charge >= 0.3 is 6.03 Å². The number of carbonyl (C=O) groups excluding carboxylic acids is 1. The van der Waals surface area contributed by atoms with Crippen LogP contribution in [0.4, 0.5) is 15.7 Å². The van der Waals surface area contributed by atoms with Crippen LogP contribution in [0.25, 0.3) is 0 Å². The summed E-state index contributed by atoms with van der Waals surface area (Å²) in [6.45, 7) is 1.45. The maximum absolute atomic E-state index is 12.6. The number of urea groups is 1. The first-order chi connectivity index (χ1) is 15.6. The molecule has 168 valence electrons. The highest BCUT2D eigenvalue weighted by molar-refractivity contribution is 7.99. The van der Waals surface area contributed by atoms with Gasteiger partial charge in [0.05, 0.1) is 16.6 Å². The summed E-state index contributed by atoms with van der Waals surface area (Å²) in [7, 11) is 3.98. The fourth-order valence-electron chi connectivity index (χ4n) is 3.48. The number of carbonyl (C=O) groups is 1. The Balaban J connectivity index is 1.29. The SMILES string of the molecule is CN(C)CC(NC(=O)Nc1ncc(CCNc2ncnc3c2SCC3)s1)c1ccccc1. The van der Waals surface area contributed by atoms with Crippen molar-refractivity contribution in [2.45, 2.75) is 23.8 Å². The molecule has 2 aromatic heterocycles. The van der Waals surface area contributed by atoms with Crippen LogP contribution in [0.15, 0.2) is 47.8 Å². The number of hydrogen-bond donors (Lipinski definition) is 3. The molecule has 0 saturated carbocycles. The summed E-state index contributed by atoms with van der Waals surface area (Å²) in [5.41, 5.74) is 2.20. The average Bonchev–Trinajstić information content (AvgIpc) is 3.43. The van der Waals surface area contributed by atoms with E-state index in [2.05, 4.69) is 35.8 Å². The maximum atomic E-state index is 12.6. The molecule has 0 radical (unpaired) electrons. The van der Waals surface area contributed by atoms with Crippen LogP contribution in [0.1, 0.15) is 22.2 Å².